The van der Waals surface area contributed by atoms with Crippen LogP contribution in [0.1, 0.15) is 31.2 Å². The minimum Gasteiger partial charge on any atom is -0.507 e. The Labute approximate surface area is 112 Å². The van der Waals surface area contributed by atoms with Crippen molar-refractivity contribution >= 4 is 11.7 Å². The molecule has 102 valence electrons. The molecule has 2 rings (SSSR count). The van der Waals surface area contributed by atoms with Crippen molar-refractivity contribution < 1.29 is 15.0 Å². The van der Waals surface area contributed by atoms with Gasteiger partial charge in [-0.05, 0) is 24.8 Å². The van der Waals surface area contributed by atoms with Gasteiger partial charge >= 0.3 is 5.97 Å². The van der Waals surface area contributed by atoms with E-state index in [1.807, 2.05) is 18.2 Å². The van der Waals surface area contributed by atoms with Crippen molar-refractivity contribution in [2.75, 3.05) is 6.54 Å². The maximum atomic E-state index is 11.6. The van der Waals surface area contributed by atoms with Gasteiger partial charge in [0, 0.05) is 12.1 Å². The van der Waals surface area contributed by atoms with Gasteiger partial charge in [0.05, 0.1) is 0 Å². The van der Waals surface area contributed by atoms with E-state index in [0.29, 0.717) is 24.0 Å². The number of rotatable bonds is 3. The van der Waals surface area contributed by atoms with Crippen LogP contribution in [0.4, 0.5) is 0 Å². The molecule has 0 radical (unpaired) electrons. The Morgan fingerprint density at radius 2 is 1.89 bits per heavy atom. The Bertz CT molecular complexity index is 495. The number of hydrogen-bond acceptors (Lipinski definition) is 3. The van der Waals surface area contributed by atoms with Crippen LogP contribution in [0.25, 0.3) is 5.76 Å². The highest BCUT2D eigenvalue weighted by Crippen LogP contribution is 2.43. The van der Waals surface area contributed by atoms with Gasteiger partial charge in [-0.3, -0.25) is 4.79 Å². The molecule has 4 nitrogen and oxygen atoms in total. The average molecular weight is 261 g/mol. The summed E-state index contributed by atoms with van der Waals surface area (Å²) >= 11 is 0. The third-order valence-corrected chi connectivity index (χ3v) is 3.95. The summed E-state index contributed by atoms with van der Waals surface area (Å²) in [5.41, 5.74) is 5.83. The van der Waals surface area contributed by atoms with Crippen LogP contribution in [0, 0.1) is 5.41 Å². The highest BCUT2D eigenvalue weighted by Gasteiger charge is 2.44. The third-order valence-electron chi connectivity index (χ3n) is 3.95. The van der Waals surface area contributed by atoms with E-state index in [4.69, 9.17) is 5.73 Å². The summed E-state index contributed by atoms with van der Waals surface area (Å²) in [6, 6.07) is 9.05. The molecule has 0 aliphatic heterocycles. The number of carboxylic acid groups (broad SMARTS) is 1. The third kappa shape index (κ3) is 2.36. The normalized spacial score (nSPS) is 25.9. The van der Waals surface area contributed by atoms with E-state index in [0.717, 1.165) is 12.8 Å². The van der Waals surface area contributed by atoms with Gasteiger partial charge < -0.3 is 15.9 Å². The number of aliphatic carboxylic acids is 1. The summed E-state index contributed by atoms with van der Waals surface area (Å²) in [7, 11) is 0. The van der Waals surface area contributed by atoms with Gasteiger partial charge in [-0.15, -0.1) is 0 Å². The Morgan fingerprint density at radius 1 is 1.21 bits per heavy atom. The van der Waals surface area contributed by atoms with Gasteiger partial charge in [0.15, 0.2) is 0 Å². The van der Waals surface area contributed by atoms with Crippen LogP contribution in [0.3, 0.4) is 0 Å². The number of aliphatic hydroxyl groups excluding tert-OH is 1. The zero-order chi connectivity index (χ0) is 13.9. The monoisotopic (exact) mass is 261 g/mol. The second-order valence-electron chi connectivity index (χ2n) is 4.99. The average Bonchev–Trinajstić information content (AvgIpc) is 2.47. The molecular weight excluding hydrogens is 242 g/mol. The second-order valence-corrected chi connectivity index (χ2v) is 4.99. The predicted molar refractivity (Wildman–Crippen MR) is 73.6 cm³/mol. The zero-order valence-corrected chi connectivity index (χ0v) is 10.8. The summed E-state index contributed by atoms with van der Waals surface area (Å²) in [5.74, 6) is -0.861. The van der Waals surface area contributed by atoms with E-state index in [1.165, 1.54) is 0 Å². The first kappa shape index (κ1) is 13.6. The van der Waals surface area contributed by atoms with Crippen molar-refractivity contribution in [2.45, 2.75) is 25.7 Å². The fourth-order valence-corrected chi connectivity index (χ4v) is 2.78. The van der Waals surface area contributed by atoms with Crippen LogP contribution in [0.5, 0.6) is 0 Å². The fourth-order valence-electron chi connectivity index (χ4n) is 2.78. The Balaban J connectivity index is 2.53. The second kappa shape index (κ2) is 5.45. The Hall–Kier alpha value is -1.81. The predicted octanol–water partition coefficient (Wildman–Crippen LogP) is 2.56. The van der Waals surface area contributed by atoms with E-state index < -0.39 is 11.4 Å². The molecule has 0 heterocycles. The summed E-state index contributed by atoms with van der Waals surface area (Å²) in [6.07, 6.45) is 2.80. The fraction of sp³-hybridized carbons (Fsp3) is 0.400. The molecule has 4 heteroatoms. The molecule has 0 aromatic heterocycles. The summed E-state index contributed by atoms with van der Waals surface area (Å²) in [5, 5.41) is 20.0. The Kier molecular flexibility index (Phi) is 3.90. The van der Waals surface area contributed by atoms with Crippen LogP contribution in [0.2, 0.25) is 0 Å². The maximum absolute atomic E-state index is 11.6. The van der Waals surface area contributed by atoms with Gasteiger partial charge in [-0.1, -0.05) is 36.8 Å². The smallest absolute Gasteiger partial charge is 0.315 e. The highest BCUT2D eigenvalue weighted by molar-refractivity contribution is 5.83. The summed E-state index contributed by atoms with van der Waals surface area (Å²) in [4.78, 5) is 11.6. The molecule has 1 aromatic rings. The molecule has 0 saturated heterocycles. The summed E-state index contributed by atoms with van der Waals surface area (Å²) < 4.78 is 0. The lowest BCUT2D eigenvalue weighted by atomic mass is 9.69. The van der Waals surface area contributed by atoms with Crippen LogP contribution in [-0.4, -0.2) is 22.7 Å². The molecular formula is C15H19NO3. The van der Waals surface area contributed by atoms with E-state index in [-0.39, 0.29) is 12.3 Å². The number of carbonyl (C=O) groups is 1. The maximum Gasteiger partial charge on any atom is 0.315 e. The molecule has 1 aliphatic rings. The van der Waals surface area contributed by atoms with Gasteiger partial charge in [-0.2, -0.15) is 0 Å². The SMILES string of the molecule is NCC1(C(=O)O)CCCCC1=C(O)c1ccccc1. The number of hydrogen-bond donors (Lipinski definition) is 3. The van der Waals surface area contributed by atoms with Crippen molar-refractivity contribution in [3.63, 3.8) is 0 Å². The minimum absolute atomic E-state index is 0.0224. The van der Waals surface area contributed by atoms with Crippen LogP contribution in [-0.2, 0) is 4.79 Å². The topological polar surface area (TPSA) is 83.6 Å². The van der Waals surface area contributed by atoms with Gasteiger partial charge in [0.25, 0.3) is 0 Å². The van der Waals surface area contributed by atoms with Crippen molar-refractivity contribution in [2.24, 2.45) is 11.1 Å². The highest BCUT2D eigenvalue weighted by atomic mass is 16.4. The van der Waals surface area contributed by atoms with Crippen LogP contribution < -0.4 is 5.73 Å². The van der Waals surface area contributed by atoms with Crippen molar-refractivity contribution in [3.05, 3.63) is 41.5 Å². The molecule has 0 spiro atoms. The molecule has 1 fully saturated rings. The summed E-state index contributed by atoms with van der Waals surface area (Å²) in [6.45, 7) is 0.0224. The lowest BCUT2D eigenvalue weighted by molar-refractivity contribution is -0.147. The van der Waals surface area contributed by atoms with Crippen molar-refractivity contribution in [3.8, 4) is 0 Å². The van der Waals surface area contributed by atoms with Crippen molar-refractivity contribution in [1.29, 1.82) is 0 Å². The van der Waals surface area contributed by atoms with E-state index in [9.17, 15) is 15.0 Å². The lowest BCUT2D eigenvalue weighted by Crippen LogP contribution is -2.42. The number of carboxylic acids is 1. The first-order valence-electron chi connectivity index (χ1n) is 6.53. The van der Waals surface area contributed by atoms with Gasteiger partial charge in [0.1, 0.15) is 11.2 Å². The van der Waals surface area contributed by atoms with E-state index in [1.54, 1.807) is 12.1 Å². The minimum atomic E-state index is -1.11. The number of aliphatic hydroxyl groups is 1. The molecule has 19 heavy (non-hydrogen) atoms. The Morgan fingerprint density at radius 3 is 2.47 bits per heavy atom. The zero-order valence-electron chi connectivity index (χ0n) is 10.8. The van der Waals surface area contributed by atoms with Crippen molar-refractivity contribution in [1.82, 2.24) is 0 Å². The van der Waals surface area contributed by atoms with E-state index >= 15 is 0 Å². The quantitative estimate of drug-likeness (QED) is 0.730. The molecule has 1 unspecified atom stereocenters. The molecule has 1 aromatic carbocycles. The molecule has 1 aliphatic carbocycles. The molecule has 1 saturated carbocycles. The van der Waals surface area contributed by atoms with Gasteiger partial charge in [-0.25, -0.2) is 0 Å². The molecule has 4 N–H and O–H groups in total. The molecule has 1 atom stereocenters. The first-order chi connectivity index (χ1) is 9.12. The molecule has 0 bridgehead atoms. The van der Waals surface area contributed by atoms with Crippen LogP contribution >= 0.6 is 0 Å². The van der Waals surface area contributed by atoms with Gasteiger partial charge in [0.2, 0.25) is 0 Å². The van der Waals surface area contributed by atoms with Crippen LogP contribution in [0.15, 0.2) is 35.9 Å². The number of benzene rings is 1. The standard InChI is InChI=1S/C15H19NO3/c16-10-15(14(18)19)9-5-4-8-12(15)13(17)11-6-2-1-3-7-11/h1-3,6-7,17H,4-5,8-10,16H2,(H,18,19). The lowest BCUT2D eigenvalue weighted by Gasteiger charge is -2.35. The van der Waals surface area contributed by atoms with E-state index in [2.05, 4.69) is 0 Å². The number of nitrogens with two attached hydrogens (primary N) is 1. The first-order valence-corrected chi connectivity index (χ1v) is 6.53. The largest absolute Gasteiger partial charge is 0.507 e. The molecule has 0 amide bonds.